The summed E-state index contributed by atoms with van der Waals surface area (Å²) in [4.78, 5) is 25.0. The average Bonchev–Trinajstić information content (AvgIpc) is 2.46. The zero-order valence-electron chi connectivity index (χ0n) is 13.8. The van der Waals surface area contributed by atoms with E-state index in [4.69, 9.17) is 15.2 Å². The quantitative estimate of drug-likeness (QED) is 0.762. The van der Waals surface area contributed by atoms with Crippen LogP contribution in [0.1, 0.15) is 5.56 Å². The molecule has 0 aliphatic carbocycles. The summed E-state index contributed by atoms with van der Waals surface area (Å²) in [5.41, 5.74) is 7.10. The number of nitrogens with two attached hydrogens (primary N) is 1. The smallest absolute Gasteiger partial charge is 0.259 e. The number of benzene rings is 1. The van der Waals surface area contributed by atoms with Gasteiger partial charge in [0.15, 0.2) is 6.61 Å². The van der Waals surface area contributed by atoms with Gasteiger partial charge in [0, 0.05) is 21.2 Å². The predicted molar refractivity (Wildman–Crippen MR) is 91.1 cm³/mol. The zero-order chi connectivity index (χ0) is 16.7. The van der Waals surface area contributed by atoms with Crippen molar-refractivity contribution in [3.05, 3.63) is 23.8 Å². The number of carbonyl (C=O) groups is 2. The Morgan fingerprint density at radius 2 is 2.00 bits per heavy atom. The molecule has 1 aromatic rings. The molecule has 1 atom stereocenters. The number of methoxy groups -OCH3 is 1. The van der Waals surface area contributed by atoms with Crippen LogP contribution >= 0.6 is 12.4 Å². The van der Waals surface area contributed by atoms with E-state index in [-0.39, 0.29) is 37.4 Å². The molecule has 0 spiro atoms. The number of amides is 2. The molecule has 3 N–H and O–H groups in total. The van der Waals surface area contributed by atoms with Gasteiger partial charge in [0.05, 0.1) is 12.3 Å². The minimum absolute atomic E-state index is 0. The zero-order valence-corrected chi connectivity index (χ0v) is 14.6. The van der Waals surface area contributed by atoms with Crippen molar-refractivity contribution in [3.8, 4) is 5.75 Å². The van der Waals surface area contributed by atoms with Gasteiger partial charge >= 0.3 is 0 Å². The van der Waals surface area contributed by atoms with Crippen molar-refractivity contribution in [3.63, 3.8) is 0 Å². The molecule has 2 amide bonds. The monoisotopic (exact) mass is 345 g/mol. The Morgan fingerprint density at radius 3 is 2.57 bits per heavy atom. The number of likely N-dealkylation sites (N-methyl/N-ethyl adjacent to an activating group) is 1. The molecule has 8 heteroatoms. The van der Waals surface area contributed by atoms with E-state index in [1.54, 1.807) is 26.2 Å². The molecule has 0 bridgehead atoms. The number of nitrogens with zero attached hydrogens (tertiary/aromatic N) is 1. The average molecular weight is 346 g/mol. The Kier molecular flexibility index (Phi) is 9.24. The standard InChI is InChI=1S/C15H23N3O4.ClH/c1-10-5-6-12(17-15(20)11(16)8-21-4)13(7-10)22-9-14(19)18(2)3;/h5-7,11H,8-9,16H2,1-4H3,(H,17,20);1H. The highest BCUT2D eigenvalue weighted by molar-refractivity contribution is 5.96. The molecule has 0 aliphatic rings. The number of hydrogen-bond acceptors (Lipinski definition) is 5. The molecule has 0 fully saturated rings. The van der Waals surface area contributed by atoms with Gasteiger partial charge in [-0.1, -0.05) is 6.07 Å². The van der Waals surface area contributed by atoms with Crippen molar-refractivity contribution in [2.75, 3.05) is 39.7 Å². The summed E-state index contributed by atoms with van der Waals surface area (Å²) >= 11 is 0. The minimum Gasteiger partial charge on any atom is -0.482 e. The third kappa shape index (κ3) is 6.85. The first kappa shape index (κ1) is 21.2. The SMILES string of the molecule is COCC(N)C(=O)Nc1ccc(C)cc1OCC(=O)N(C)C.Cl. The first-order valence-electron chi connectivity index (χ1n) is 6.84. The number of ether oxygens (including phenoxy) is 2. The highest BCUT2D eigenvalue weighted by Gasteiger charge is 2.16. The number of nitrogens with one attached hydrogen (secondary N) is 1. The Hall–Kier alpha value is -1.83. The van der Waals surface area contributed by atoms with Crippen LogP contribution in [-0.2, 0) is 14.3 Å². The third-order valence-electron chi connectivity index (χ3n) is 2.93. The number of hydrogen-bond donors (Lipinski definition) is 2. The summed E-state index contributed by atoms with van der Waals surface area (Å²) in [6.45, 7) is 1.90. The van der Waals surface area contributed by atoms with Gasteiger partial charge in [0.25, 0.3) is 5.91 Å². The molecule has 23 heavy (non-hydrogen) atoms. The highest BCUT2D eigenvalue weighted by atomic mass is 35.5. The van der Waals surface area contributed by atoms with Gasteiger partial charge < -0.3 is 25.4 Å². The lowest BCUT2D eigenvalue weighted by Crippen LogP contribution is -2.39. The van der Waals surface area contributed by atoms with Crippen molar-refractivity contribution in [1.29, 1.82) is 0 Å². The van der Waals surface area contributed by atoms with Crippen LogP contribution in [0.5, 0.6) is 5.75 Å². The Bertz CT molecular complexity index is 537. The minimum atomic E-state index is -0.775. The lowest BCUT2D eigenvalue weighted by atomic mass is 10.2. The maximum Gasteiger partial charge on any atom is 0.259 e. The molecule has 0 heterocycles. The number of anilines is 1. The summed E-state index contributed by atoms with van der Waals surface area (Å²) in [5.74, 6) is -0.127. The third-order valence-corrected chi connectivity index (χ3v) is 2.93. The summed E-state index contributed by atoms with van der Waals surface area (Å²) in [7, 11) is 4.77. The molecule has 1 rings (SSSR count). The molecule has 0 saturated heterocycles. The lowest BCUT2D eigenvalue weighted by Gasteiger charge is -2.16. The number of aryl methyl sites for hydroxylation is 1. The maximum absolute atomic E-state index is 11.9. The summed E-state index contributed by atoms with van der Waals surface area (Å²) in [6.07, 6.45) is 0. The van der Waals surface area contributed by atoms with Gasteiger partial charge in [0.1, 0.15) is 11.8 Å². The van der Waals surface area contributed by atoms with Crippen LogP contribution in [0, 0.1) is 6.92 Å². The van der Waals surface area contributed by atoms with Crippen molar-refractivity contribution >= 4 is 29.9 Å². The maximum atomic E-state index is 11.9. The van der Waals surface area contributed by atoms with Crippen molar-refractivity contribution in [1.82, 2.24) is 4.90 Å². The van der Waals surface area contributed by atoms with Gasteiger partial charge in [-0.2, -0.15) is 0 Å². The molecule has 130 valence electrons. The molecular formula is C15H24ClN3O4. The summed E-state index contributed by atoms with van der Waals surface area (Å²) in [5, 5.41) is 2.68. The van der Waals surface area contributed by atoms with E-state index in [1.165, 1.54) is 12.0 Å². The van der Waals surface area contributed by atoms with Crippen LogP contribution < -0.4 is 15.8 Å². The van der Waals surface area contributed by atoms with Crippen molar-refractivity contribution < 1.29 is 19.1 Å². The molecule has 7 nitrogen and oxygen atoms in total. The largest absolute Gasteiger partial charge is 0.482 e. The Morgan fingerprint density at radius 1 is 1.35 bits per heavy atom. The Labute approximate surface area is 142 Å². The van der Waals surface area contributed by atoms with E-state index in [9.17, 15) is 9.59 Å². The first-order valence-corrected chi connectivity index (χ1v) is 6.84. The molecule has 0 saturated carbocycles. The van der Waals surface area contributed by atoms with E-state index < -0.39 is 6.04 Å². The second-order valence-corrected chi connectivity index (χ2v) is 5.13. The molecule has 1 unspecified atom stereocenters. The van der Waals surface area contributed by atoms with Gasteiger partial charge in [-0.25, -0.2) is 0 Å². The van der Waals surface area contributed by atoms with Crippen LogP contribution in [0.2, 0.25) is 0 Å². The van der Waals surface area contributed by atoms with Crippen LogP contribution in [0.4, 0.5) is 5.69 Å². The number of carbonyl (C=O) groups excluding carboxylic acids is 2. The molecular weight excluding hydrogens is 322 g/mol. The van der Waals surface area contributed by atoms with Crippen molar-refractivity contribution in [2.24, 2.45) is 5.73 Å². The molecule has 0 aliphatic heterocycles. The fraction of sp³-hybridized carbons (Fsp3) is 0.467. The van der Waals surface area contributed by atoms with E-state index in [1.807, 2.05) is 13.0 Å². The van der Waals surface area contributed by atoms with E-state index in [0.29, 0.717) is 11.4 Å². The second kappa shape index (κ2) is 10.0. The first-order chi connectivity index (χ1) is 10.3. The fourth-order valence-corrected chi connectivity index (χ4v) is 1.60. The van der Waals surface area contributed by atoms with E-state index in [2.05, 4.69) is 5.32 Å². The molecule has 0 aromatic heterocycles. The van der Waals surface area contributed by atoms with Gasteiger partial charge in [-0.05, 0) is 24.6 Å². The topological polar surface area (TPSA) is 93.9 Å². The van der Waals surface area contributed by atoms with E-state index >= 15 is 0 Å². The van der Waals surface area contributed by atoms with Crippen LogP contribution in [0.3, 0.4) is 0 Å². The predicted octanol–water partition coefficient (Wildman–Crippen LogP) is 0.796. The lowest BCUT2D eigenvalue weighted by molar-refractivity contribution is -0.130. The second-order valence-electron chi connectivity index (χ2n) is 5.13. The van der Waals surface area contributed by atoms with Crippen LogP contribution in [0.25, 0.3) is 0 Å². The number of halogens is 1. The van der Waals surface area contributed by atoms with Crippen LogP contribution in [0.15, 0.2) is 18.2 Å². The van der Waals surface area contributed by atoms with E-state index in [0.717, 1.165) is 5.56 Å². The molecule has 0 radical (unpaired) electrons. The summed E-state index contributed by atoms with van der Waals surface area (Å²) in [6, 6.07) is 4.52. The van der Waals surface area contributed by atoms with Gasteiger partial charge in [0.2, 0.25) is 5.91 Å². The normalized spacial score (nSPS) is 11.2. The summed E-state index contributed by atoms with van der Waals surface area (Å²) < 4.78 is 10.4. The Balaban J connectivity index is 0.00000484. The van der Waals surface area contributed by atoms with Gasteiger partial charge in [-0.15, -0.1) is 12.4 Å². The number of rotatable bonds is 7. The van der Waals surface area contributed by atoms with Crippen LogP contribution in [-0.4, -0.2) is 57.2 Å². The van der Waals surface area contributed by atoms with Gasteiger partial charge in [-0.3, -0.25) is 9.59 Å². The highest BCUT2D eigenvalue weighted by Crippen LogP contribution is 2.26. The van der Waals surface area contributed by atoms with Crippen molar-refractivity contribution in [2.45, 2.75) is 13.0 Å². The fourth-order valence-electron chi connectivity index (χ4n) is 1.60. The molecule has 1 aromatic carbocycles.